The number of benzene rings is 2. The van der Waals surface area contributed by atoms with Crippen LogP contribution in [0.1, 0.15) is 28.9 Å². The van der Waals surface area contributed by atoms with Gasteiger partial charge in [-0.2, -0.15) is 0 Å². The third kappa shape index (κ3) is 5.57. The van der Waals surface area contributed by atoms with Crippen molar-refractivity contribution in [2.45, 2.75) is 16.8 Å². The van der Waals surface area contributed by atoms with Crippen molar-refractivity contribution in [1.29, 1.82) is 0 Å². The van der Waals surface area contributed by atoms with Crippen LogP contribution in [0.2, 0.25) is 10.0 Å². The number of halogens is 5. The number of hydrogen-bond acceptors (Lipinski definition) is 3. The van der Waals surface area contributed by atoms with E-state index in [-0.39, 0.29) is 10.6 Å². The molecule has 0 aliphatic rings. The first-order valence-electron chi connectivity index (χ1n) is 7.18. The van der Waals surface area contributed by atoms with Crippen LogP contribution in [0, 0.1) is 0 Å². The van der Waals surface area contributed by atoms with Crippen molar-refractivity contribution < 1.29 is 14.3 Å². The van der Waals surface area contributed by atoms with Crippen LogP contribution in [-0.4, -0.2) is 16.4 Å². The van der Waals surface area contributed by atoms with Crippen LogP contribution in [-0.2, 0) is 4.74 Å². The molecule has 0 aliphatic carbocycles. The van der Waals surface area contributed by atoms with Gasteiger partial charge in [0.05, 0.1) is 17.2 Å². The van der Waals surface area contributed by atoms with Gasteiger partial charge < -0.3 is 9.47 Å². The first-order valence-corrected chi connectivity index (χ1v) is 9.07. The van der Waals surface area contributed by atoms with Gasteiger partial charge in [0.15, 0.2) is 6.10 Å². The van der Waals surface area contributed by atoms with Crippen LogP contribution >= 0.6 is 58.0 Å². The lowest BCUT2D eigenvalue weighted by molar-refractivity contribution is 0.0305. The molecule has 0 saturated heterocycles. The second-order valence-electron chi connectivity index (χ2n) is 4.95. The first kappa shape index (κ1) is 20.5. The van der Waals surface area contributed by atoms with Gasteiger partial charge in [-0.25, -0.2) is 4.79 Å². The molecule has 25 heavy (non-hydrogen) atoms. The minimum absolute atomic E-state index is 0.122. The molecule has 0 spiro atoms. The predicted octanol–water partition coefficient (Wildman–Crippen LogP) is 6.66. The van der Waals surface area contributed by atoms with E-state index >= 15 is 0 Å². The quantitative estimate of drug-likeness (QED) is 0.384. The molecule has 0 aliphatic heterocycles. The molecular weight excluding hydrogens is 429 g/mol. The van der Waals surface area contributed by atoms with Crippen molar-refractivity contribution in [1.82, 2.24) is 0 Å². The standard InChI is InChI=1S/C17H13Cl5O3/c1-2-24-12-6-3-10(4-7-12)15(17(20,21)22)25-16(23)13-8-5-11(18)9-14(13)19/h3-9,15H,2H2,1H3/t15-/m1/s1. The fourth-order valence-electron chi connectivity index (χ4n) is 2.05. The maximum Gasteiger partial charge on any atom is 0.340 e. The van der Waals surface area contributed by atoms with E-state index in [1.54, 1.807) is 24.3 Å². The summed E-state index contributed by atoms with van der Waals surface area (Å²) in [6.07, 6.45) is -1.13. The van der Waals surface area contributed by atoms with Crippen LogP contribution in [0.3, 0.4) is 0 Å². The number of hydrogen-bond donors (Lipinski definition) is 0. The molecule has 0 heterocycles. The SMILES string of the molecule is CCOc1ccc([C@@H](OC(=O)c2ccc(Cl)cc2Cl)C(Cl)(Cl)Cl)cc1. The number of ether oxygens (including phenoxy) is 2. The zero-order chi connectivity index (χ0) is 18.6. The Kier molecular flexibility index (Phi) is 7.12. The topological polar surface area (TPSA) is 35.5 Å². The summed E-state index contributed by atoms with van der Waals surface area (Å²) < 4.78 is 8.90. The highest BCUT2D eigenvalue weighted by molar-refractivity contribution is 6.68. The molecule has 0 aromatic heterocycles. The van der Waals surface area contributed by atoms with E-state index in [2.05, 4.69) is 0 Å². The fourth-order valence-corrected chi connectivity index (χ4v) is 3.05. The lowest BCUT2D eigenvalue weighted by atomic mass is 10.1. The molecule has 8 heteroatoms. The highest BCUT2D eigenvalue weighted by Gasteiger charge is 2.38. The molecular formula is C17H13Cl5O3. The van der Waals surface area contributed by atoms with Crippen LogP contribution < -0.4 is 4.74 Å². The average Bonchev–Trinajstić information content (AvgIpc) is 2.52. The Bertz CT molecular complexity index is 741. The van der Waals surface area contributed by atoms with Crippen molar-refractivity contribution in [2.75, 3.05) is 6.61 Å². The highest BCUT2D eigenvalue weighted by atomic mass is 35.6. The molecule has 2 aromatic carbocycles. The summed E-state index contributed by atoms with van der Waals surface area (Å²) in [4.78, 5) is 12.4. The summed E-state index contributed by atoms with van der Waals surface area (Å²) in [5, 5.41) is 0.540. The molecule has 0 saturated carbocycles. The van der Waals surface area contributed by atoms with E-state index < -0.39 is 15.9 Å². The van der Waals surface area contributed by atoms with Gasteiger partial charge in [0, 0.05) is 5.02 Å². The lowest BCUT2D eigenvalue weighted by Gasteiger charge is -2.25. The maximum atomic E-state index is 12.4. The van der Waals surface area contributed by atoms with Crippen LogP contribution in [0.25, 0.3) is 0 Å². The molecule has 0 fully saturated rings. The minimum atomic E-state index is -1.87. The molecule has 0 N–H and O–H groups in total. The second-order valence-corrected chi connectivity index (χ2v) is 8.17. The lowest BCUT2D eigenvalue weighted by Crippen LogP contribution is -2.23. The Morgan fingerprint density at radius 2 is 1.72 bits per heavy atom. The minimum Gasteiger partial charge on any atom is -0.494 e. The number of rotatable bonds is 5. The molecule has 0 amide bonds. The maximum absolute atomic E-state index is 12.4. The molecule has 134 valence electrons. The summed E-state index contributed by atoms with van der Waals surface area (Å²) in [7, 11) is 0. The summed E-state index contributed by atoms with van der Waals surface area (Å²) in [5.74, 6) is -0.0757. The van der Waals surface area contributed by atoms with Crippen molar-refractivity contribution in [3.8, 4) is 5.75 Å². The van der Waals surface area contributed by atoms with Gasteiger partial charge >= 0.3 is 5.97 Å². The number of alkyl halides is 3. The van der Waals surface area contributed by atoms with Gasteiger partial charge in [-0.3, -0.25) is 0 Å². The highest BCUT2D eigenvalue weighted by Crippen LogP contribution is 2.43. The second kappa shape index (κ2) is 8.70. The van der Waals surface area contributed by atoms with Gasteiger partial charge in [0.25, 0.3) is 0 Å². The molecule has 1 atom stereocenters. The first-order chi connectivity index (χ1) is 11.7. The van der Waals surface area contributed by atoms with Crippen LogP contribution in [0.5, 0.6) is 5.75 Å². The van der Waals surface area contributed by atoms with Crippen molar-refractivity contribution in [3.05, 3.63) is 63.6 Å². The van der Waals surface area contributed by atoms with Crippen molar-refractivity contribution >= 4 is 64.0 Å². The zero-order valence-corrected chi connectivity index (χ0v) is 16.7. The van der Waals surface area contributed by atoms with E-state index in [1.165, 1.54) is 18.2 Å². The van der Waals surface area contributed by atoms with E-state index in [1.807, 2.05) is 6.92 Å². The van der Waals surface area contributed by atoms with E-state index in [4.69, 9.17) is 67.5 Å². The summed E-state index contributed by atoms with van der Waals surface area (Å²) in [6.45, 7) is 2.40. The van der Waals surface area contributed by atoms with E-state index in [9.17, 15) is 4.79 Å². The van der Waals surface area contributed by atoms with Crippen molar-refractivity contribution in [3.63, 3.8) is 0 Å². The molecule has 2 rings (SSSR count). The smallest absolute Gasteiger partial charge is 0.340 e. The Labute approximate surface area is 170 Å². The van der Waals surface area contributed by atoms with Gasteiger partial charge in [-0.1, -0.05) is 70.1 Å². The largest absolute Gasteiger partial charge is 0.494 e. The number of carbonyl (C=O) groups is 1. The van der Waals surface area contributed by atoms with Gasteiger partial charge in [0.1, 0.15) is 5.75 Å². The van der Waals surface area contributed by atoms with Crippen LogP contribution in [0.15, 0.2) is 42.5 Å². The Hall–Kier alpha value is -0.840. The summed E-state index contributed by atoms with van der Waals surface area (Å²) in [5.41, 5.74) is 0.623. The fraction of sp³-hybridized carbons (Fsp3) is 0.235. The monoisotopic (exact) mass is 440 g/mol. The summed E-state index contributed by atoms with van der Waals surface area (Å²) >= 11 is 29.8. The van der Waals surface area contributed by atoms with Crippen LogP contribution in [0.4, 0.5) is 0 Å². The Morgan fingerprint density at radius 1 is 1.08 bits per heavy atom. The molecule has 0 radical (unpaired) electrons. The predicted molar refractivity (Wildman–Crippen MR) is 103 cm³/mol. The van der Waals surface area contributed by atoms with Gasteiger partial charge in [-0.05, 0) is 42.8 Å². The van der Waals surface area contributed by atoms with Gasteiger partial charge in [-0.15, -0.1) is 0 Å². The average molecular weight is 443 g/mol. The third-order valence-electron chi connectivity index (χ3n) is 3.17. The van der Waals surface area contributed by atoms with Gasteiger partial charge in [0.2, 0.25) is 3.79 Å². The van der Waals surface area contributed by atoms with E-state index in [0.717, 1.165) is 0 Å². The normalized spacial score (nSPS) is 12.6. The zero-order valence-electron chi connectivity index (χ0n) is 12.9. The molecule has 0 unspecified atom stereocenters. The Balaban J connectivity index is 2.27. The number of carbonyl (C=O) groups excluding carboxylic acids is 1. The van der Waals surface area contributed by atoms with E-state index in [0.29, 0.717) is 22.9 Å². The van der Waals surface area contributed by atoms with Crippen molar-refractivity contribution in [2.24, 2.45) is 0 Å². The molecule has 3 nitrogen and oxygen atoms in total. The molecule has 0 bridgehead atoms. The molecule has 2 aromatic rings. The number of esters is 1. The Morgan fingerprint density at radius 3 is 2.24 bits per heavy atom. The summed E-state index contributed by atoms with van der Waals surface area (Å²) in [6, 6.07) is 11.1. The third-order valence-corrected chi connectivity index (χ3v) is 4.31.